The lowest BCUT2D eigenvalue weighted by Crippen LogP contribution is -1.99. The van der Waals surface area contributed by atoms with Crippen molar-refractivity contribution in [3.05, 3.63) is 58.4 Å². The van der Waals surface area contributed by atoms with E-state index in [4.69, 9.17) is 26.7 Å². The predicted molar refractivity (Wildman–Crippen MR) is 92.6 cm³/mol. The number of hydrogen-bond acceptors (Lipinski definition) is 4. The van der Waals surface area contributed by atoms with Crippen LogP contribution in [-0.2, 0) is 0 Å². The molecule has 0 fully saturated rings. The summed E-state index contributed by atoms with van der Waals surface area (Å²) in [6, 6.07) is 6.58. The summed E-state index contributed by atoms with van der Waals surface area (Å²) in [6.07, 6.45) is 1.07. The molecule has 1 heterocycles. The lowest BCUT2D eigenvalue weighted by Gasteiger charge is -2.14. The van der Waals surface area contributed by atoms with Gasteiger partial charge in [0.2, 0.25) is 0 Å². The zero-order valence-corrected chi connectivity index (χ0v) is 14.4. The molecule has 0 bridgehead atoms. The Bertz CT molecular complexity index is 1110. The molecule has 0 atom stereocenters. The van der Waals surface area contributed by atoms with Gasteiger partial charge < -0.3 is 14.8 Å². The van der Waals surface area contributed by atoms with Crippen molar-refractivity contribution in [2.75, 3.05) is 7.11 Å². The van der Waals surface area contributed by atoms with Crippen LogP contribution in [0.1, 0.15) is 16.1 Å². The molecule has 0 saturated carbocycles. The van der Waals surface area contributed by atoms with Crippen molar-refractivity contribution in [3.63, 3.8) is 0 Å². The van der Waals surface area contributed by atoms with Crippen molar-refractivity contribution >= 4 is 17.6 Å². The molecule has 0 saturated heterocycles. The Kier molecular flexibility index (Phi) is 4.79. The SMILES string of the molecule is COc1c(Cl)cc(-c2ncc(C(=O)O)[nH]2)c(-c2ccc(C#N)c(F)c2)c1F. The number of H-pyrrole nitrogens is 1. The van der Waals surface area contributed by atoms with E-state index in [1.54, 1.807) is 6.07 Å². The van der Waals surface area contributed by atoms with Crippen molar-refractivity contribution in [2.45, 2.75) is 0 Å². The number of ether oxygens (including phenoxy) is 1. The summed E-state index contributed by atoms with van der Waals surface area (Å²) in [7, 11) is 1.22. The highest BCUT2D eigenvalue weighted by Gasteiger charge is 2.23. The van der Waals surface area contributed by atoms with Crippen molar-refractivity contribution in [1.82, 2.24) is 9.97 Å². The molecule has 27 heavy (non-hydrogen) atoms. The van der Waals surface area contributed by atoms with Crippen molar-refractivity contribution in [2.24, 2.45) is 0 Å². The third-order valence-electron chi connectivity index (χ3n) is 3.82. The second-order valence-electron chi connectivity index (χ2n) is 5.39. The average Bonchev–Trinajstić information content (AvgIpc) is 3.12. The number of nitrogens with one attached hydrogen (secondary N) is 1. The zero-order chi connectivity index (χ0) is 19.7. The van der Waals surface area contributed by atoms with Gasteiger partial charge in [0.1, 0.15) is 23.4 Å². The van der Waals surface area contributed by atoms with Gasteiger partial charge >= 0.3 is 5.97 Å². The first-order chi connectivity index (χ1) is 12.9. The number of imidazole rings is 1. The van der Waals surface area contributed by atoms with E-state index in [-0.39, 0.29) is 44.5 Å². The topological polar surface area (TPSA) is 99.0 Å². The van der Waals surface area contributed by atoms with E-state index in [2.05, 4.69) is 9.97 Å². The molecule has 6 nitrogen and oxygen atoms in total. The second-order valence-corrected chi connectivity index (χ2v) is 5.79. The first kappa shape index (κ1) is 18.4. The summed E-state index contributed by atoms with van der Waals surface area (Å²) in [5.41, 5.74) is -0.315. The fourth-order valence-electron chi connectivity index (χ4n) is 2.59. The molecule has 0 amide bonds. The molecule has 1 aromatic heterocycles. The summed E-state index contributed by atoms with van der Waals surface area (Å²) in [5.74, 6) is -3.20. The van der Waals surface area contributed by atoms with Crippen LogP contribution in [0.3, 0.4) is 0 Å². The lowest BCUT2D eigenvalue weighted by atomic mass is 9.96. The molecule has 3 rings (SSSR count). The maximum absolute atomic E-state index is 15.1. The van der Waals surface area contributed by atoms with Gasteiger partial charge in [0.05, 0.1) is 23.9 Å². The molecule has 9 heteroatoms. The van der Waals surface area contributed by atoms with Gasteiger partial charge in [-0.15, -0.1) is 0 Å². The fraction of sp³-hybridized carbons (Fsp3) is 0.0556. The number of methoxy groups -OCH3 is 1. The lowest BCUT2D eigenvalue weighted by molar-refractivity contribution is 0.0691. The summed E-state index contributed by atoms with van der Waals surface area (Å²) < 4.78 is 34.1. The first-order valence-corrected chi connectivity index (χ1v) is 7.79. The molecule has 0 aliphatic heterocycles. The van der Waals surface area contributed by atoms with Crippen molar-refractivity contribution < 1.29 is 23.4 Å². The summed E-state index contributed by atoms with van der Waals surface area (Å²) >= 11 is 6.05. The van der Waals surface area contributed by atoms with Crippen LogP contribution in [0.4, 0.5) is 8.78 Å². The van der Waals surface area contributed by atoms with Crippen LogP contribution in [0.15, 0.2) is 30.5 Å². The maximum atomic E-state index is 15.1. The quantitative estimate of drug-likeness (QED) is 0.694. The van der Waals surface area contributed by atoms with E-state index >= 15 is 4.39 Å². The van der Waals surface area contributed by atoms with Crippen LogP contribution < -0.4 is 4.74 Å². The molecular formula is C18H10ClF2N3O3. The number of nitriles is 1. The monoisotopic (exact) mass is 389 g/mol. The summed E-state index contributed by atoms with van der Waals surface area (Å²) in [6.45, 7) is 0. The third-order valence-corrected chi connectivity index (χ3v) is 4.10. The predicted octanol–water partition coefficient (Wildman–Crippen LogP) is 4.25. The number of benzene rings is 2. The number of carboxylic acids is 1. The maximum Gasteiger partial charge on any atom is 0.353 e. The number of carboxylic acid groups (broad SMARTS) is 1. The van der Waals surface area contributed by atoms with E-state index in [1.807, 2.05) is 0 Å². The third kappa shape index (κ3) is 3.20. The molecule has 3 aromatic rings. The Morgan fingerprint density at radius 2 is 2.11 bits per heavy atom. The van der Waals surface area contributed by atoms with Gasteiger partial charge in [-0.25, -0.2) is 18.6 Å². The fourth-order valence-corrected chi connectivity index (χ4v) is 2.85. The highest BCUT2D eigenvalue weighted by Crippen LogP contribution is 2.42. The van der Waals surface area contributed by atoms with Crippen LogP contribution in [0.2, 0.25) is 5.02 Å². The van der Waals surface area contributed by atoms with Crippen LogP contribution in [0, 0.1) is 23.0 Å². The summed E-state index contributed by atoms with van der Waals surface area (Å²) in [4.78, 5) is 17.6. The standard InChI is InChI=1S/C18H10ClF2N3O3/c1-27-16-11(19)5-10(17-23-7-13(24-17)18(25)26)14(15(16)21)8-2-3-9(6-22)12(20)4-8/h2-5,7H,1H3,(H,23,24)(H,25,26). The highest BCUT2D eigenvalue weighted by atomic mass is 35.5. The minimum absolute atomic E-state index is 0.0237. The molecule has 0 radical (unpaired) electrons. The van der Waals surface area contributed by atoms with E-state index in [1.165, 1.54) is 25.3 Å². The van der Waals surface area contributed by atoms with Crippen LogP contribution >= 0.6 is 11.6 Å². The number of carbonyl (C=O) groups is 1. The summed E-state index contributed by atoms with van der Waals surface area (Å²) in [5, 5.41) is 17.8. The number of aromatic amines is 1. The Balaban J connectivity index is 2.32. The van der Waals surface area contributed by atoms with Gasteiger partial charge in [0.15, 0.2) is 11.6 Å². The molecule has 2 N–H and O–H groups in total. The number of aromatic carboxylic acids is 1. The van der Waals surface area contributed by atoms with Gasteiger partial charge in [0, 0.05) is 11.1 Å². The smallest absolute Gasteiger partial charge is 0.353 e. The van der Waals surface area contributed by atoms with Gasteiger partial charge in [-0.1, -0.05) is 17.7 Å². The van der Waals surface area contributed by atoms with E-state index in [0.717, 1.165) is 12.3 Å². The first-order valence-electron chi connectivity index (χ1n) is 7.42. The van der Waals surface area contributed by atoms with E-state index in [9.17, 15) is 9.18 Å². The number of aromatic nitrogens is 2. The molecular weight excluding hydrogens is 380 g/mol. The van der Waals surface area contributed by atoms with Gasteiger partial charge in [-0.05, 0) is 23.8 Å². The van der Waals surface area contributed by atoms with Crippen LogP contribution in [0.25, 0.3) is 22.5 Å². The Labute approximate surface area is 156 Å². The van der Waals surface area contributed by atoms with E-state index in [0.29, 0.717) is 0 Å². The Morgan fingerprint density at radius 1 is 1.37 bits per heavy atom. The molecule has 0 spiro atoms. The molecule has 2 aromatic carbocycles. The van der Waals surface area contributed by atoms with Gasteiger partial charge in [0.25, 0.3) is 0 Å². The normalized spacial score (nSPS) is 10.5. The Morgan fingerprint density at radius 3 is 2.67 bits per heavy atom. The zero-order valence-electron chi connectivity index (χ0n) is 13.7. The van der Waals surface area contributed by atoms with Crippen molar-refractivity contribution in [1.29, 1.82) is 5.26 Å². The number of rotatable bonds is 4. The molecule has 136 valence electrons. The second kappa shape index (κ2) is 7.05. The largest absolute Gasteiger partial charge is 0.492 e. The number of halogens is 3. The van der Waals surface area contributed by atoms with E-state index < -0.39 is 17.6 Å². The van der Waals surface area contributed by atoms with Crippen LogP contribution in [-0.4, -0.2) is 28.2 Å². The molecule has 0 unspecified atom stereocenters. The van der Waals surface area contributed by atoms with Gasteiger partial charge in [-0.2, -0.15) is 5.26 Å². The Hall–Kier alpha value is -3.44. The molecule has 0 aliphatic rings. The number of hydrogen-bond donors (Lipinski definition) is 2. The van der Waals surface area contributed by atoms with Crippen molar-refractivity contribution in [3.8, 4) is 34.3 Å². The minimum Gasteiger partial charge on any atom is -0.492 e. The highest BCUT2D eigenvalue weighted by molar-refractivity contribution is 6.32. The number of nitrogens with zero attached hydrogens (tertiary/aromatic N) is 2. The van der Waals surface area contributed by atoms with Gasteiger partial charge in [-0.3, -0.25) is 0 Å². The van der Waals surface area contributed by atoms with Crippen LogP contribution in [0.5, 0.6) is 5.75 Å². The minimum atomic E-state index is -1.25. The average molecular weight is 390 g/mol. The molecule has 0 aliphatic carbocycles.